The molecular formula is C14H22N4. The minimum atomic E-state index is 0.564. The Labute approximate surface area is 109 Å². The first-order valence-electron chi connectivity index (χ1n) is 7.04. The molecule has 18 heavy (non-hydrogen) atoms. The van der Waals surface area contributed by atoms with Gasteiger partial charge in [0.1, 0.15) is 17.5 Å². The summed E-state index contributed by atoms with van der Waals surface area (Å²) in [5, 5.41) is 0. The summed E-state index contributed by atoms with van der Waals surface area (Å²) in [4.78, 5) is 11.6. The van der Waals surface area contributed by atoms with Crippen molar-refractivity contribution in [2.45, 2.75) is 45.4 Å². The standard InChI is InChI=1S/C14H22N4/c1-9-4-3-7-18(8-9)14-10(2)12(15)16-13(17-14)11-5-6-11/h9,11H,3-8H2,1-2H3,(H2,15,16,17). The van der Waals surface area contributed by atoms with Crippen molar-refractivity contribution in [3.05, 3.63) is 11.4 Å². The zero-order chi connectivity index (χ0) is 12.7. The molecule has 2 heterocycles. The monoisotopic (exact) mass is 246 g/mol. The molecule has 0 aromatic carbocycles. The first-order chi connectivity index (χ1) is 8.65. The fourth-order valence-corrected chi connectivity index (χ4v) is 2.75. The van der Waals surface area contributed by atoms with Gasteiger partial charge in [0.25, 0.3) is 0 Å². The van der Waals surface area contributed by atoms with Gasteiger partial charge in [-0.1, -0.05) is 6.92 Å². The van der Waals surface area contributed by atoms with E-state index in [2.05, 4.69) is 16.8 Å². The highest BCUT2D eigenvalue weighted by atomic mass is 15.2. The van der Waals surface area contributed by atoms with Gasteiger partial charge >= 0.3 is 0 Å². The number of piperidine rings is 1. The van der Waals surface area contributed by atoms with Gasteiger partial charge < -0.3 is 10.6 Å². The molecule has 0 amide bonds. The molecule has 1 aliphatic heterocycles. The average molecular weight is 246 g/mol. The largest absolute Gasteiger partial charge is 0.383 e. The first kappa shape index (κ1) is 11.8. The zero-order valence-electron chi connectivity index (χ0n) is 11.3. The normalized spacial score (nSPS) is 24.3. The average Bonchev–Trinajstić information content (AvgIpc) is 3.16. The van der Waals surface area contributed by atoms with Crippen LogP contribution < -0.4 is 10.6 Å². The lowest BCUT2D eigenvalue weighted by Gasteiger charge is -2.33. The lowest BCUT2D eigenvalue weighted by atomic mass is 10.00. The van der Waals surface area contributed by atoms with Crippen LogP contribution in [0.25, 0.3) is 0 Å². The molecule has 1 atom stereocenters. The summed E-state index contributed by atoms with van der Waals surface area (Å²) in [5.74, 6) is 4.02. The number of hydrogen-bond acceptors (Lipinski definition) is 4. The molecule has 1 saturated carbocycles. The van der Waals surface area contributed by atoms with Gasteiger partial charge in [-0.3, -0.25) is 0 Å². The highest BCUT2D eigenvalue weighted by Gasteiger charge is 2.29. The molecule has 2 fully saturated rings. The summed E-state index contributed by atoms with van der Waals surface area (Å²) >= 11 is 0. The van der Waals surface area contributed by atoms with E-state index >= 15 is 0 Å². The molecule has 1 aromatic heterocycles. The molecule has 1 saturated heterocycles. The van der Waals surface area contributed by atoms with E-state index in [4.69, 9.17) is 10.7 Å². The van der Waals surface area contributed by atoms with E-state index in [1.807, 2.05) is 6.92 Å². The Bertz CT molecular complexity index is 453. The predicted octanol–water partition coefficient (Wildman–Crippen LogP) is 2.48. The zero-order valence-corrected chi connectivity index (χ0v) is 11.3. The van der Waals surface area contributed by atoms with Gasteiger partial charge in [0.2, 0.25) is 0 Å². The molecule has 1 aliphatic carbocycles. The molecule has 4 nitrogen and oxygen atoms in total. The lowest BCUT2D eigenvalue weighted by molar-refractivity contribution is 0.443. The van der Waals surface area contributed by atoms with Crippen molar-refractivity contribution in [3.63, 3.8) is 0 Å². The van der Waals surface area contributed by atoms with Crippen LogP contribution in [-0.4, -0.2) is 23.1 Å². The number of nitrogen functional groups attached to an aromatic ring is 1. The quantitative estimate of drug-likeness (QED) is 0.871. The molecule has 0 bridgehead atoms. The minimum Gasteiger partial charge on any atom is -0.383 e. The van der Waals surface area contributed by atoms with Crippen LogP contribution in [0, 0.1) is 12.8 Å². The Morgan fingerprint density at radius 1 is 1.22 bits per heavy atom. The molecule has 3 rings (SSSR count). The lowest BCUT2D eigenvalue weighted by Crippen LogP contribution is -2.35. The maximum atomic E-state index is 6.05. The third-order valence-electron chi connectivity index (χ3n) is 4.07. The summed E-state index contributed by atoms with van der Waals surface area (Å²) in [6.07, 6.45) is 5.02. The summed E-state index contributed by atoms with van der Waals surface area (Å²) < 4.78 is 0. The van der Waals surface area contributed by atoms with Gasteiger partial charge in [-0.2, -0.15) is 0 Å². The van der Waals surface area contributed by atoms with E-state index in [0.29, 0.717) is 11.7 Å². The van der Waals surface area contributed by atoms with Crippen molar-refractivity contribution in [1.82, 2.24) is 9.97 Å². The number of nitrogens with zero attached hydrogens (tertiary/aromatic N) is 3. The van der Waals surface area contributed by atoms with Crippen LogP contribution in [0.1, 0.15) is 49.9 Å². The fraction of sp³-hybridized carbons (Fsp3) is 0.714. The van der Waals surface area contributed by atoms with Crippen LogP contribution in [0.3, 0.4) is 0 Å². The summed E-state index contributed by atoms with van der Waals surface area (Å²) in [5.41, 5.74) is 7.10. The fourth-order valence-electron chi connectivity index (χ4n) is 2.75. The maximum Gasteiger partial charge on any atom is 0.137 e. The summed E-state index contributed by atoms with van der Waals surface area (Å²) in [6.45, 7) is 6.56. The summed E-state index contributed by atoms with van der Waals surface area (Å²) in [6, 6.07) is 0. The van der Waals surface area contributed by atoms with Gasteiger partial charge in [-0.15, -0.1) is 0 Å². The number of anilines is 2. The van der Waals surface area contributed by atoms with E-state index in [-0.39, 0.29) is 0 Å². The van der Waals surface area contributed by atoms with Crippen LogP contribution >= 0.6 is 0 Å². The minimum absolute atomic E-state index is 0.564. The van der Waals surface area contributed by atoms with Crippen LogP contribution in [-0.2, 0) is 0 Å². The Morgan fingerprint density at radius 3 is 2.67 bits per heavy atom. The highest BCUT2D eigenvalue weighted by molar-refractivity contribution is 5.57. The van der Waals surface area contributed by atoms with Crippen molar-refractivity contribution in [2.75, 3.05) is 23.7 Å². The molecule has 98 valence electrons. The van der Waals surface area contributed by atoms with Crippen molar-refractivity contribution in [3.8, 4) is 0 Å². The topological polar surface area (TPSA) is 55.0 Å². The molecule has 0 spiro atoms. The number of aromatic nitrogens is 2. The van der Waals surface area contributed by atoms with Crippen molar-refractivity contribution >= 4 is 11.6 Å². The molecule has 4 heteroatoms. The smallest absolute Gasteiger partial charge is 0.137 e. The van der Waals surface area contributed by atoms with Gasteiger partial charge in [0.15, 0.2) is 0 Å². The van der Waals surface area contributed by atoms with Crippen molar-refractivity contribution in [2.24, 2.45) is 5.92 Å². The van der Waals surface area contributed by atoms with Crippen molar-refractivity contribution in [1.29, 1.82) is 0 Å². The highest BCUT2D eigenvalue weighted by Crippen LogP contribution is 2.40. The molecule has 1 aromatic rings. The Hall–Kier alpha value is -1.32. The predicted molar refractivity (Wildman–Crippen MR) is 73.8 cm³/mol. The van der Waals surface area contributed by atoms with Gasteiger partial charge in [0, 0.05) is 24.6 Å². The van der Waals surface area contributed by atoms with Crippen LogP contribution in [0.15, 0.2) is 0 Å². The number of nitrogens with two attached hydrogens (primary N) is 1. The van der Waals surface area contributed by atoms with Crippen LogP contribution in [0.2, 0.25) is 0 Å². The Kier molecular flexibility index (Phi) is 2.88. The van der Waals surface area contributed by atoms with Crippen LogP contribution in [0.4, 0.5) is 11.6 Å². The van der Waals surface area contributed by atoms with E-state index in [0.717, 1.165) is 36.2 Å². The van der Waals surface area contributed by atoms with E-state index < -0.39 is 0 Å². The third kappa shape index (κ3) is 2.16. The van der Waals surface area contributed by atoms with Crippen molar-refractivity contribution < 1.29 is 0 Å². The number of rotatable bonds is 2. The third-order valence-corrected chi connectivity index (χ3v) is 4.07. The second kappa shape index (κ2) is 4.41. The molecule has 2 N–H and O–H groups in total. The Balaban J connectivity index is 1.93. The van der Waals surface area contributed by atoms with Gasteiger partial charge in [-0.25, -0.2) is 9.97 Å². The second-order valence-corrected chi connectivity index (χ2v) is 5.88. The number of hydrogen-bond donors (Lipinski definition) is 1. The molecule has 0 radical (unpaired) electrons. The van der Waals surface area contributed by atoms with E-state index in [1.165, 1.54) is 25.7 Å². The van der Waals surface area contributed by atoms with Gasteiger partial charge in [0.05, 0.1) is 0 Å². The first-order valence-corrected chi connectivity index (χ1v) is 7.04. The second-order valence-electron chi connectivity index (χ2n) is 5.88. The van der Waals surface area contributed by atoms with Gasteiger partial charge in [-0.05, 0) is 38.5 Å². The molecule has 2 aliphatic rings. The summed E-state index contributed by atoms with van der Waals surface area (Å²) in [7, 11) is 0. The molecular weight excluding hydrogens is 224 g/mol. The Morgan fingerprint density at radius 2 is 2.00 bits per heavy atom. The molecule has 1 unspecified atom stereocenters. The van der Waals surface area contributed by atoms with Crippen LogP contribution in [0.5, 0.6) is 0 Å². The van der Waals surface area contributed by atoms with E-state index in [1.54, 1.807) is 0 Å². The SMILES string of the molecule is Cc1c(N)nc(C2CC2)nc1N1CCCC(C)C1. The van der Waals surface area contributed by atoms with E-state index in [9.17, 15) is 0 Å². The maximum absolute atomic E-state index is 6.05.